The molecule has 1 N–H and O–H groups in total. The van der Waals surface area contributed by atoms with Gasteiger partial charge in [0, 0.05) is 0 Å². The first-order valence-corrected chi connectivity index (χ1v) is 3.12. The summed E-state index contributed by atoms with van der Waals surface area (Å²) < 4.78 is 4.37. The van der Waals surface area contributed by atoms with Crippen molar-refractivity contribution >= 4 is 11.9 Å². The maximum absolute atomic E-state index is 10.7. The molecule has 0 heterocycles. The van der Waals surface area contributed by atoms with Crippen molar-refractivity contribution < 1.29 is 14.3 Å². The van der Waals surface area contributed by atoms with E-state index in [9.17, 15) is 9.59 Å². The highest BCUT2D eigenvalue weighted by Crippen LogP contribution is 1.85. The average Bonchev–Trinajstić information content (AvgIpc) is 2.02. The second-order valence-corrected chi connectivity index (χ2v) is 1.96. The van der Waals surface area contributed by atoms with Crippen LogP contribution in [0.1, 0.15) is 6.92 Å². The summed E-state index contributed by atoms with van der Waals surface area (Å²) in [6, 6.07) is -0.620. The lowest BCUT2D eigenvalue weighted by molar-refractivity contribution is -0.144. The van der Waals surface area contributed by atoms with Crippen LogP contribution >= 0.6 is 0 Å². The Bertz CT molecular complexity index is 177. The number of nitrogens with one attached hydrogen (secondary N) is 1. The van der Waals surface area contributed by atoms with Crippen LogP contribution in [0.3, 0.4) is 0 Å². The summed E-state index contributed by atoms with van der Waals surface area (Å²) in [5.74, 6) is -0.858. The molecule has 4 heteroatoms. The van der Waals surface area contributed by atoms with Crippen molar-refractivity contribution in [3.05, 3.63) is 12.7 Å². The molecule has 0 saturated carbocycles. The summed E-state index contributed by atoms with van der Waals surface area (Å²) in [5.41, 5.74) is 0. The van der Waals surface area contributed by atoms with Crippen LogP contribution in [0.25, 0.3) is 0 Å². The Morgan fingerprint density at radius 3 is 2.55 bits per heavy atom. The highest BCUT2D eigenvalue weighted by Gasteiger charge is 2.13. The van der Waals surface area contributed by atoms with Gasteiger partial charge in [0.25, 0.3) is 0 Å². The van der Waals surface area contributed by atoms with E-state index in [4.69, 9.17) is 0 Å². The molecule has 0 aliphatic heterocycles. The van der Waals surface area contributed by atoms with Crippen LogP contribution in [-0.2, 0) is 14.3 Å². The second kappa shape index (κ2) is 4.49. The van der Waals surface area contributed by atoms with Crippen molar-refractivity contribution in [2.24, 2.45) is 0 Å². The largest absolute Gasteiger partial charge is 0.467 e. The van der Waals surface area contributed by atoms with Crippen LogP contribution in [0.2, 0.25) is 0 Å². The third-order valence-corrected chi connectivity index (χ3v) is 1.10. The molecule has 0 saturated heterocycles. The Balaban J connectivity index is 3.86. The molecular formula is C7H11NO3. The van der Waals surface area contributed by atoms with Crippen molar-refractivity contribution in [2.75, 3.05) is 7.11 Å². The summed E-state index contributed by atoms with van der Waals surface area (Å²) in [7, 11) is 1.26. The standard InChI is InChI=1S/C7H11NO3/c1-4-6(9)8-5(2)7(10)11-3/h4-5H,1H2,2-3H3,(H,8,9)/t5-/m0/s1. The summed E-state index contributed by atoms with van der Waals surface area (Å²) in [6.45, 7) is 4.77. The van der Waals surface area contributed by atoms with Gasteiger partial charge in [-0.25, -0.2) is 4.79 Å². The lowest BCUT2D eigenvalue weighted by Gasteiger charge is -2.08. The SMILES string of the molecule is C=CC(=O)N[C@@H](C)C(=O)OC. The van der Waals surface area contributed by atoms with E-state index in [1.54, 1.807) is 0 Å². The van der Waals surface area contributed by atoms with Gasteiger partial charge in [0.1, 0.15) is 6.04 Å². The van der Waals surface area contributed by atoms with Crippen LogP contribution in [0.5, 0.6) is 0 Å². The van der Waals surface area contributed by atoms with Crippen LogP contribution in [0.4, 0.5) is 0 Å². The topological polar surface area (TPSA) is 55.4 Å². The van der Waals surface area contributed by atoms with Gasteiger partial charge in [0.2, 0.25) is 5.91 Å². The highest BCUT2D eigenvalue weighted by molar-refractivity contribution is 5.90. The molecule has 1 amide bonds. The van der Waals surface area contributed by atoms with E-state index in [1.165, 1.54) is 14.0 Å². The lowest BCUT2D eigenvalue weighted by Crippen LogP contribution is -2.38. The molecule has 0 radical (unpaired) electrons. The van der Waals surface area contributed by atoms with Gasteiger partial charge in [-0.05, 0) is 13.0 Å². The predicted octanol–water partition coefficient (Wildman–Crippen LogP) is -0.150. The Kier molecular flexibility index (Phi) is 3.95. The number of hydrogen-bond acceptors (Lipinski definition) is 3. The van der Waals surface area contributed by atoms with Crippen LogP contribution in [0.15, 0.2) is 12.7 Å². The smallest absolute Gasteiger partial charge is 0.328 e. The molecular weight excluding hydrogens is 146 g/mol. The number of hydrogen-bond donors (Lipinski definition) is 1. The van der Waals surface area contributed by atoms with E-state index in [0.29, 0.717) is 0 Å². The first kappa shape index (κ1) is 9.68. The molecule has 0 fully saturated rings. The Morgan fingerprint density at radius 2 is 2.18 bits per heavy atom. The monoisotopic (exact) mass is 157 g/mol. The first-order chi connectivity index (χ1) is 5.11. The van der Waals surface area contributed by atoms with Crippen LogP contribution in [0, 0.1) is 0 Å². The Morgan fingerprint density at radius 1 is 1.64 bits per heavy atom. The molecule has 1 atom stereocenters. The number of ether oxygens (including phenoxy) is 1. The maximum Gasteiger partial charge on any atom is 0.328 e. The van der Waals surface area contributed by atoms with Gasteiger partial charge in [0.05, 0.1) is 7.11 Å². The van der Waals surface area contributed by atoms with Crippen molar-refractivity contribution in [1.29, 1.82) is 0 Å². The van der Waals surface area contributed by atoms with E-state index >= 15 is 0 Å². The van der Waals surface area contributed by atoms with Crippen LogP contribution in [-0.4, -0.2) is 25.0 Å². The molecule has 11 heavy (non-hydrogen) atoms. The summed E-state index contributed by atoms with van der Waals surface area (Å²) in [6.07, 6.45) is 1.10. The molecule has 0 aromatic rings. The third kappa shape index (κ3) is 3.40. The number of methoxy groups -OCH3 is 1. The number of rotatable bonds is 3. The molecule has 4 nitrogen and oxygen atoms in total. The average molecular weight is 157 g/mol. The minimum absolute atomic E-state index is 0.386. The van der Waals surface area contributed by atoms with Gasteiger partial charge in [-0.2, -0.15) is 0 Å². The zero-order chi connectivity index (χ0) is 8.85. The first-order valence-electron chi connectivity index (χ1n) is 3.12. The molecule has 0 aromatic carbocycles. The summed E-state index contributed by atoms with van der Waals surface area (Å²) in [4.78, 5) is 21.3. The van der Waals surface area contributed by atoms with Crippen molar-refractivity contribution in [2.45, 2.75) is 13.0 Å². The van der Waals surface area contributed by atoms with Crippen LogP contribution < -0.4 is 5.32 Å². The van der Waals surface area contributed by atoms with E-state index in [-0.39, 0.29) is 5.91 Å². The van der Waals surface area contributed by atoms with E-state index in [0.717, 1.165) is 6.08 Å². The summed E-state index contributed by atoms with van der Waals surface area (Å²) in [5, 5.41) is 2.35. The fraction of sp³-hybridized carbons (Fsp3) is 0.429. The minimum atomic E-state index is -0.620. The zero-order valence-electron chi connectivity index (χ0n) is 6.59. The fourth-order valence-electron chi connectivity index (χ4n) is 0.508. The second-order valence-electron chi connectivity index (χ2n) is 1.96. The van der Waals surface area contributed by atoms with Gasteiger partial charge >= 0.3 is 5.97 Å². The molecule has 62 valence electrons. The normalized spacial score (nSPS) is 11.5. The van der Waals surface area contributed by atoms with Gasteiger partial charge in [-0.3, -0.25) is 4.79 Å². The number of amides is 1. The molecule has 0 rings (SSSR count). The van der Waals surface area contributed by atoms with Gasteiger partial charge in [0.15, 0.2) is 0 Å². The Hall–Kier alpha value is -1.32. The fourth-order valence-corrected chi connectivity index (χ4v) is 0.508. The number of carbonyl (C=O) groups is 2. The van der Waals surface area contributed by atoms with Gasteiger partial charge < -0.3 is 10.1 Å². The third-order valence-electron chi connectivity index (χ3n) is 1.10. The molecule has 0 aliphatic rings. The van der Waals surface area contributed by atoms with Crippen molar-refractivity contribution in [3.63, 3.8) is 0 Å². The Labute approximate surface area is 65.2 Å². The van der Waals surface area contributed by atoms with E-state index < -0.39 is 12.0 Å². The highest BCUT2D eigenvalue weighted by atomic mass is 16.5. The number of carbonyl (C=O) groups excluding carboxylic acids is 2. The molecule has 0 aliphatic carbocycles. The van der Waals surface area contributed by atoms with Gasteiger partial charge in [-0.15, -0.1) is 0 Å². The maximum atomic E-state index is 10.7. The summed E-state index contributed by atoms with van der Waals surface area (Å²) >= 11 is 0. The van der Waals surface area contributed by atoms with E-state index in [2.05, 4.69) is 16.6 Å². The minimum Gasteiger partial charge on any atom is -0.467 e. The molecule has 0 spiro atoms. The zero-order valence-corrected chi connectivity index (χ0v) is 6.59. The molecule has 0 unspecified atom stereocenters. The predicted molar refractivity (Wildman–Crippen MR) is 39.8 cm³/mol. The van der Waals surface area contributed by atoms with Crippen molar-refractivity contribution in [3.8, 4) is 0 Å². The molecule has 0 aromatic heterocycles. The van der Waals surface area contributed by atoms with Crippen molar-refractivity contribution in [1.82, 2.24) is 5.32 Å². The van der Waals surface area contributed by atoms with E-state index in [1.807, 2.05) is 0 Å². The van der Waals surface area contributed by atoms with Gasteiger partial charge in [-0.1, -0.05) is 6.58 Å². The quantitative estimate of drug-likeness (QED) is 0.458. The molecule has 0 bridgehead atoms. The number of esters is 1. The lowest BCUT2D eigenvalue weighted by atomic mass is 10.3.